The molecule has 2 aromatic heterocycles. The van der Waals surface area contributed by atoms with Crippen molar-refractivity contribution in [1.29, 1.82) is 0 Å². The van der Waals surface area contributed by atoms with E-state index >= 15 is 0 Å². The third kappa shape index (κ3) is 4.82. The minimum Gasteiger partial charge on any atom is -0.463 e. The second-order valence-electron chi connectivity index (χ2n) is 5.97. The molecule has 2 heterocycles. The highest BCUT2D eigenvalue weighted by Crippen LogP contribution is 2.22. The molecular weight excluding hydrogens is 324 g/mol. The molecule has 0 saturated carbocycles. The van der Waals surface area contributed by atoms with Gasteiger partial charge in [0.2, 0.25) is 0 Å². The van der Waals surface area contributed by atoms with Crippen LogP contribution in [0.2, 0.25) is 0 Å². The van der Waals surface area contributed by atoms with Crippen molar-refractivity contribution in [2.24, 2.45) is 4.99 Å². The molecule has 1 unspecified atom stereocenters. The average Bonchev–Trinajstić information content (AvgIpc) is 3.08. The van der Waals surface area contributed by atoms with E-state index in [0.29, 0.717) is 24.8 Å². The lowest BCUT2D eigenvalue weighted by atomic mass is 10.0. The highest BCUT2D eigenvalue weighted by Gasteiger charge is 2.27. The summed E-state index contributed by atoms with van der Waals surface area (Å²) in [6.07, 6.45) is 0. The Morgan fingerprint density at radius 3 is 2.62 bits per heavy atom. The summed E-state index contributed by atoms with van der Waals surface area (Å²) < 4.78 is 5.53. The summed E-state index contributed by atoms with van der Waals surface area (Å²) in [6.45, 7) is 11.2. The van der Waals surface area contributed by atoms with Crippen molar-refractivity contribution in [3.05, 3.63) is 39.2 Å². The van der Waals surface area contributed by atoms with E-state index in [4.69, 9.17) is 4.42 Å². The van der Waals surface area contributed by atoms with Gasteiger partial charge in [-0.3, -0.25) is 0 Å². The molecule has 2 aromatic rings. The summed E-state index contributed by atoms with van der Waals surface area (Å²) in [5.41, 5.74) is -0.0864. The first-order valence-corrected chi connectivity index (χ1v) is 8.88. The largest absolute Gasteiger partial charge is 0.463 e. The molecule has 132 valence electrons. The van der Waals surface area contributed by atoms with Gasteiger partial charge in [-0.1, -0.05) is 0 Å². The van der Waals surface area contributed by atoms with Crippen molar-refractivity contribution >= 4 is 17.3 Å². The summed E-state index contributed by atoms with van der Waals surface area (Å²) >= 11 is 1.66. The molecule has 0 saturated heterocycles. The summed E-state index contributed by atoms with van der Waals surface area (Å²) in [4.78, 5) is 10.2. The van der Waals surface area contributed by atoms with Crippen molar-refractivity contribution in [2.75, 3.05) is 13.1 Å². The van der Waals surface area contributed by atoms with Crippen LogP contribution >= 0.6 is 11.3 Å². The number of rotatable bonds is 6. The first-order chi connectivity index (χ1) is 11.3. The summed E-state index contributed by atoms with van der Waals surface area (Å²) in [7, 11) is 0. The van der Waals surface area contributed by atoms with Crippen molar-refractivity contribution in [3.8, 4) is 0 Å². The van der Waals surface area contributed by atoms with E-state index in [-0.39, 0.29) is 0 Å². The van der Waals surface area contributed by atoms with Crippen LogP contribution in [0.25, 0.3) is 0 Å². The summed E-state index contributed by atoms with van der Waals surface area (Å²) in [5.74, 6) is 1.98. The molecule has 0 amide bonds. The van der Waals surface area contributed by atoms with Gasteiger partial charge >= 0.3 is 0 Å². The fourth-order valence-corrected chi connectivity index (χ4v) is 3.14. The van der Waals surface area contributed by atoms with Gasteiger partial charge in [-0.15, -0.1) is 11.3 Å². The maximum atomic E-state index is 10.6. The molecular formula is C17H26N4O2S. The van der Waals surface area contributed by atoms with Gasteiger partial charge in [0.15, 0.2) is 5.96 Å². The van der Waals surface area contributed by atoms with Gasteiger partial charge in [0.25, 0.3) is 0 Å². The first-order valence-electron chi connectivity index (χ1n) is 8.06. The Labute approximate surface area is 147 Å². The van der Waals surface area contributed by atoms with Crippen LogP contribution in [0.15, 0.2) is 21.5 Å². The minimum atomic E-state index is -1.11. The monoisotopic (exact) mass is 350 g/mol. The predicted molar refractivity (Wildman–Crippen MR) is 97.4 cm³/mol. The Bertz CT molecular complexity index is 703. The molecule has 0 aliphatic carbocycles. The van der Waals surface area contributed by atoms with Gasteiger partial charge in [-0.2, -0.15) is 0 Å². The SMILES string of the molecule is CCNC(=NCc1sc(C)nc1C)NCC(C)(O)c1ccc(C)o1. The zero-order chi connectivity index (χ0) is 17.7. The number of guanidine groups is 1. The predicted octanol–water partition coefficient (Wildman–Crippen LogP) is 2.62. The lowest BCUT2D eigenvalue weighted by Crippen LogP contribution is -2.44. The number of hydrogen-bond donors (Lipinski definition) is 3. The Morgan fingerprint density at radius 2 is 2.08 bits per heavy atom. The number of aliphatic imine (C=N–C) groups is 1. The third-order valence-electron chi connectivity index (χ3n) is 3.60. The van der Waals surface area contributed by atoms with Crippen LogP contribution in [0.4, 0.5) is 0 Å². The standard InChI is InChI=1S/C17H26N4O2S/c1-6-18-16(19-9-14-12(3)21-13(4)24-14)20-10-17(5,22)15-8-7-11(2)23-15/h7-8,22H,6,9-10H2,1-5H3,(H2,18,19,20). The normalized spacial score (nSPS) is 14.5. The van der Waals surface area contributed by atoms with E-state index in [1.807, 2.05) is 33.8 Å². The van der Waals surface area contributed by atoms with E-state index in [2.05, 4.69) is 20.6 Å². The number of aromatic nitrogens is 1. The molecule has 7 heteroatoms. The van der Waals surface area contributed by atoms with Crippen LogP contribution in [0, 0.1) is 20.8 Å². The van der Waals surface area contributed by atoms with E-state index in [9.17, 15) is 5.11 Å². The number of aryl methyl sites for hydroxylation is 3. The zero-order valence-corrected chi connectivity index (χ0v) is 15.8. The maximum absolute atomic E-state index is 10.6. The molecule has 24 heavy (non-hydrogen) atoms. The molecule has 0 fully saturated rings. The van der Waals surface area contributed by atoms with Crippen molar-refractivity contribution in [1.82, 2.24) is 15.6 Å². The van der Waals surface area contributed by atoms with E-state index in [0.717, 1.165) is 27.9 Å². The van der Waals surface area contributed by atoms with Gasteiger partial charge in [0.05, 0.1) is 23.8 Å². The van der Waals surface area contributed by atoms with Crippen molar-refractivity contribution in [3.63, 3.8) is 0 Å². The van der Waals surface area contributed by atoms with Crippen molar-refractivity contribution in [2.45, 2.75) is 46.8 Å². The Balaban J connectivity index is 2.02. The maximum Gasteiger partial charge on any atom is 0.191 e. The van der Waals surface area contributed by atoms with Gasteiger partial charge < -0.3 is 20.2 Å². The molecule has 0 radical (unpaired) electrons. The number of furan rings is 1. The fraction of sp³-hybridized carbons (Fsp3) is 0.529. The molecule has 0 aliphatic rings. The molecule has 1 atom stereocenters. The molecule has 6 nitrogen and oxygen atoms in total. The van der Waals surface area contributed by atoms with Gasteiger partial charge in [0, 0.05) is 11.4 Å². The quantitative estimate of drug-likeness (QED) is 0.551. The highest BCUT2D eigenvalue weighted by molar-refractivity contribution is 7.11. The lowest BCUT2D eigenvalue weighted by Gasteiger charge is -2.22. The number of aliphatic hydroxyl groups is 1. The topological polar surface area (TPSA) is 82.7 Å². The smallest absolute Gasteiger partial charge is 0.191 e. The number of nitrogens with one attached hydrogen (secondary N) is 2. The van der Waals surface area contributed by atoms with Crippen LogP contribution in [-0.2, 0) is 12.1 Å². The minimum absolute atomic E-state index is 0.298. The summed E-state index contributed by atoms with van der Waals surface area (Å²) in [6, 6.07) is 3.64. The third-order valence-corrected chi connectivity index (χ3v) is 4.65. The lowest BCUT2D eigenvalue weighted by molar-refractivity contribution is 0.0378. The van der Waals surface area contributed by atoms with Crippen molar-refractivity contribution < 1.29 is 9.52 Å². The van der Waals surface area contributed by atoms with Crippen LogP contribution < -0.4 is 10.6 Å². The van der Waals surface area contributed by atoms with E-state index in [1.54, 1.807) is 24.3 Å². The molecule has 0 spiro atoms. The number of hydrogen-bond acceptors (Lipinski definition) is 5. The second kappa shape index (κ2) is 7.81. The van der Waals surface area contributed by atoms with E-state index in [1.165, 1.54) is 0 Å². The number of nitrogens with zero attached hydrogens (tertiary/aromatic N) is 2. The van der Waals surface area contributed by atoms with Gasteiger partial charge in [0.1, 0.15) is 17.1 Å². The fourth-order valence-electron chi connectivity index (χ4n) is 2.28. The average molecular weight is 350 g/mol. The zero-order valence-electron chi connectivity index (χ0n) is 14.9. The molecule has 0 aliphatic heterocycles. The first kappa shape index (κ1) is 18.5. The van der Waals surface area contributed by atoms with E-state index < -0.39 is 5.60 Å². The van der Waals surface area contributed by atoms with Crippen LogP contribution in [-0.4, -0.2) is 29.1 Å². The molecule has 0 aromatic carbocycles. The molecule has 2 rings (SSSR count). The summed E-state index contributed by atoms with van der Waals surface area (Å²) in [5, 5.41) is 18.0. The molecule has 0 bridgehead atoms. The van der Waals surface area contributed by atoms with Crippen LogP contribution in [0.1, 0.15) is 40.9 Å². The Kier molecular flexibility index (Phi) is 6.01. The highest BCUT2D eigenvalue weighted by atomic mass is 32.1. The Hall–Kier alpha value is -1.86. The van der Waals surface area contributed by atoms with Gasteiger partial charge in [-0.25, -0.2) is 9.98 Å². The van der Waals surface area contributed by atoms with Crippen LogP contribution in [0.3, 0.4) is 0 Å². The molecule has 3 N–H and O–H groups in total. The second-order valence-corrected chi connectivity index (χ2v) is 7.26. The Morgan fingerprint density at radius 1 is 1.33 bits per heavy atom. The number of thiazole rings is 1. The van der Waals surface area contributed by atoms with Crippen LogP contribution in [0.5, 0.6) is 0 Å². The van der Waals surface area contributed by atoms with Gasteiger partial charge in [-0.05, 0) is 46.8 Å².